The largest absolute Gasteiger partial charge is 0.435 e. The summed E-state index contributed by atoms with van der Waals surface area (Å²) in [6.07, 6.45) is -5.05. The highest BCUT2D eigenvalue weighted by atomic mass is 32.2. The first-order valence-corrected chi connectivity index (χ1v) is 14.1. The molecule has 2 aromatic heterocycles. The van der Waals surface area contributed by atoms with E-state index in [0.29, 0.717) is 17.0 Å². The Balaban J connectivity index is 1.47. The third-order valence-electron chi connectivity index (χ3n) is 6.82. The number of hydrogen-bond donors (Lipinski definition) is 3. The van der Waals surface area contributed by atoms with Gasteiger partial charge < -0.3 is 20.5 Å². The molecule has 0 unspecified atom stereocenters. The van der Waals surface area contributed by atoms with Crippen LogP contribution in [0.4, 0.5) is 30.4 Å². The van der Waals surface area contributed by atoms with Gasteiger partial charge in [-0.1, -0.05) is 29.4 Å². The number of nitrogen functional groups attached to an aromatic ring is 1. The fourth-order valence-electron chi connectivity index (χ4n) is 4.83. The molecule has 3 aromatic carbocycles. The van der Waals surface area contributed by atoms with Gasteiger partial charge in [0.2, 0.25) is 15.9 Å². The molecule has 2 amide bonds. The number of primary sulfonamides is 1. The lowest BCUT2D eigenvalue weighted by Gasteiger charge is -2.23. The van der Waals surface area contributed by atoms with Crippen LogP contribution in [0.1, 0.15) is 22.6 Å². The van der Waals surface area contributed by atoms with Gasteiger partial charge in [0.05, 0.1) is 27.3 Å². The summed E-state index contributed by atoms with van der Waals surface area (Å²) in [7, 11) is -4.11. The smallest absolute Gasteiger partial charge is 0.380 e. The number of halogens is 3. The summed E-state index contributed by atoms with van der Waals surface area (Å²) in [4.78, 5) is 27.6. The maximum absolute atomic E-state index is 14.0. The molecule has 0 spiro atoms. The van der Waals surface area contributed by atoms with E-state index in [1.807, 2.05) is 0 Å². The maximum Gasteiger partial charge on any atom is 0.435 e. The van der Waals surface area contributed by atoms with Gasteiger partial charge in [-0.15, -0.1) is 0 Å². The van der Waals surface area contributed by atoms with E-state index < -0.39 is 39.4 Å². The standard InChI is InChI=1S/C27H20F3N7O5S/c28-27(29,30)23-13-20(37(34-23)15-6-8-21-17(12-15)25(31)35-42-21)26(39)36-10-9-24(38)33-18-11-14(5-7-19(18)36)16-3-1-2-4-22(16)43(32,40)41/h1-8,11-13H,9-10H2,(H2,31,35)(H,33,38)(H2,32,40,41). The van der Waals surface area contributed by atoms with Crippen molar-refractivity contribution in [3.05, 3.63) is 78.1 Å². The van der Waals surface area contributed by atoms with E-state index in [1.165, 1.54) is 54.6 Å². The van der Waals surface area contributed by atoms with E-state index in [9.17, 15) is 31.2 Å². The van der Waals surface area contributed by atoms with Crippen molar-refractivity contribution in [2.45, 2.75) is 17.5 Å². The van der Waals surface area contributed by atoms with Crippen LogP contribution in [0.15, 0.2) is 76.1 Å². The highest BCUT2D eigenvalue weighted by molar-refractivity contribution is 7.89. The van der Waals surface area contributed by atoms with Crippen molar-refractivity contribution in [3.63, 3.8) is 0 Å². The minimum atomic E-state index is -4.87. The molecule has 1 aliphatic rings. The number of alkyl halides is 3. The van der Waals surface area contributed by atoms with Crippen molar-refractivity contribution in [3.8, 4) is 16.8 Å². The number of nitrogens with two attached hydrogens (primary N) is 2. The lowest BCUT2D eigenvalue weighted by molar-refractivity contribution is -0.141. The van der Waals surface area contributed by atoms with Crippen LogP contribution < -0.4 is 21.1 Å². The quantitative estimate of drug-likeness (QED) is 0.274. The first kappa shape index (κ1) is 27.9. The normalized spacial score (nSPS) is 14.0. The minimum absolute atomic E-state index is 0.00114. The summed E-state index contributed by atoms with van der Waals surface area (Å²) >= 11 is 0. The lowest BCUT2D eigenvalue weighted by Crippen LogP contribution is -2.33. The van der Waals surface area contributed by atoms with Crippen LogP contribution in [0.5, 0.6) is 0 Å². The zero-order chi connectivity index (χ0) is 30.7. The molecule has 0 saturated heterocycles. The fourth-order valence-corrected chi connectivity index (χ4v) is 5.59. The Morgan fingerprint density at radius 3 is 2.56 bits per heavy atom. The molecule has 0 atom stereocenters. The molecule has 0 aliphatic carbocycles. The Morgan fingerprint density at radius 1 is 1.05 bits per heavy atom. The van der Waals surface area contributed by atoms with Gasteiger partial charge in [0, 0.05) is 24.6 Å². The van der Waals surface area contributed by atoms with E-state index in [-0.39, 0.29) is 51.9 Å². The first-order valence-electron chi connectivity index (χ1n) is 12.5. The summed E-state index contributed by atoms with van der Waals surface area (Å²) < 4.78 is 71.6. The second-order valence-electron chi connectivity index (χ2n) is 9.60. The second-order valence-corrected chi connectivity index (χ2v) is 11.1. The van der Waals surface area contributed by atoms with Crippen LogP contribution in [-0.4, -0.2) is 41.7 Å². The number of hydrogen-bond acceptors (Lipinski definition) is 8. The number of amides is 2. The zero-order valence-electron chi connectivity index (χ0n) is 21.8. The predicted molar refractivity (Wildman–Crippen MR) is 149 cm³/mol. The Kier molecular flexibility index (Phi) is 6.46. The van der Waals surface area contributed by atoms with Crippen LogP contribution in [0.2, 0.25) is 0 Å². The second kappa shape index (κ2) is 9.95. The maximum atomic E-state index is 14.0. The van der Waals surface area contributed by atoms with Gasteiger partial charge in [-0.3, -0.25) is 9.59 Å². The van der Waals surface area contributed by atoms with Crippen LogP contribution in [0.25, 0.3) is 27.8 Å². The highest BCUT2D eigenvalue weighted by Gasteiger charge is 2.38. The molecule has 1 aliphatic heterocycles. The third-order valence-corrected chi connectivity index (χ3v) is 7.79. The zero-order valence-corrected chi connectivity index (χ0v) is 22.6. The van der Waals surface area contributed by atoms with Crippen molar-refractivity contribution in [1.29, 1.82) is 0 Å². The number of fused-ring (bicyclic) bond motifs is 2. The van der Waals surface area contributed by atoms with Crippen molar-refractivity contribution in [1.82, 2.24) is 14.9 Å². The van der Waals surface area contributed by atoms with E-state index in [4.69, 9.17) is 15.4 Å². The molecule has 5 aromatic rings. The number of aromatic nitrogens is 3. The van der Waals surface area contributed by atoms with E-state index >= 15 is 0 Å². The van der Waals surface area contributed by atoms with Crippen molar-refractivity contribution < 1.29 is 35.7 Å². The number of carbonyl (C=O) groups excluding carboxylic acids is 2. The number of carbonyl (C=O) groups is 2. The molecule has 12 nitrogen and oxygen atoms in total. The van der Waals surface area contributed by atoms with Gasteiger partial charge in [0.15, 0.2) is 17.1 Å². The average Bonchev–Trinajstić information content (AvgIpc) is 3.53. The number of nitrogens with one attached hydrogen (secondary N) is 1. The van der Waals surface area contributed by atoms with Crippen molar-refractivity contribution in [2.24, 2.45) is 5.14 Å². The molecule has 43 heavy (non-hydrogen) atoms. The van der Waals surface area contributed by atoms with Gasteiger partial charge in [0.25, 0.3) is 5.91 Å². The Bertz CT molecular complexity index is 2050. The summed E-state index contributed by atoms with van der Waals surface area (Å²) in [5.41, 5.74) is 5.35. The molecule has 0 radical (unpaired) electrons. The van der Waals surface area contributed by atoms with Crippen LogP contribution in [-0.2, 0) is 21.0 Å². The van der Waals surface area contributed by atoms with Crippen molar-refractivity contribution >= 4 is 50.0 Å². The lowest BCUT2D eigenvalue weighted by atomic mass is 10.0. The van der Waals surface area contributed by atoms with Crippen molar-refractivity contribution in [2.75, 3.05) is 22.5 Å². The van der Waals surface area contributed by atoms with E-state index in [0.717, 1.165) is 9.58 Å². The van der Waals surface area contributed by atoms with Crippen LogP contribution >= 0.6 is 0 Å². The van der Waals surface area contributed by atoms with E-state index in [1.54, 1.807) is 6.07 Å². The van der Waals surface area contributed by atoms with Crippen LogP contribution in [0, 0.1) is 0 Å². The monoisotopic (exact) mass is 611 g/mol. The Labute approximate surface area is 240 Å². The first-order chi connectivity index (χ1) is 20.3. The topological polar surface area (TPSA) is 179 Å². The Hall–Kier alpha value is -5.22. The van der Waals surface area contributed by atoms with Gasteiger partial charge in [0.1, 0.15) is 5.69 Å². The van der Waals surface area contributed by atoms with Gasteiger partial charge >= 0.3 is 6.18 Å². The number of sulfonamides is 1. The molecular formula is C27H20F3N7O5S. The number of anilines is 3. The highest BCUT2D eigenvalue weighted by Crippen LogP contribution is 2.37. The number of benzene rings is 3. The van der Waals surface area contributed by atoms with Crippen LogP contribution in [0.3, 0.4) is 0 Å². The molecule has 0 bridgehead atoms. The molecule has 5 N–H and O–H groups in total. The molecule has 220 valence electrons. The number of nitrogens with zero attached hydrogens (tertiary/aromatic N) is 4. The summed E-state index contributed by atoms with van der Waals surface area (Å²) in [6, 6.07) is 15.2. The fraction of sp³-hybridized carbons (Fsp3) is 0.111. The third kappa shape index (κ3) is 5.06. The summed E-state index contributed by atoms with van der Waals surface area (Å²) in [6.45, 7) is -0.172. The molecule has 0 saturated carbocycles. The number of rotatable bonds is 4. The molecular weight excluding hydrogens is 591 g/mol. The minimum Gasteiger partial charge on any atom is -0.380 e. The predicted octanol–water partition coefficient (Wildman–Crippen LogP) is 3.92. The summed E-state index contributed by atoms with van der Waals surface area (Å²) in [5, 5.41) is 15.7. The molecule has 16 heteroatoms. The molecule has 3 heterocycles. The van der Waals surface area contributed by atoms with Gasteiger partial charge in [-0.25, -0.2) is 18.2 Å². The average molecular weight is 612 g/mol. The SMILES string of the molecule is Nc1noc2ccc(-n3nc(C(F)(F)F)cc3C(=O)N3CCC(=O)Nc4cc(-c5ccccc5S(N)(=O)=O)ccc43)cc12. The molecule has 0 fully saturated rings. The molecule has 6 rings (SSSR count). The Morgan fingerprint density at radius 2 is 1.81 bits per heavy atom. The van der Waals surface area contributed by atoms with E-state index in [2.05, 4.69) is 15.6 Å². The van der Waals surface area contributed by atoms with Gasteiger partial charge in [-0.2, -0.15) is 18.3 Å². The summed E-state index contributed by atoms with van der Waals surface area (Å²) in [5.74, 6) is -1.35. The van der Waals surface area contributed by atoms with Gasteiger partial charge in [-0.05, 0) is 42.0 Å².